The molecular weight excluding hydrogens is 554 g/mol. The molecule has 134 valence electrons. The summed E-state index contributed by atoms with van der Waals surface area (Å²) >= 11 is 4.55. The number of hydrogen-bond donors (Lipinski definition) is 0. The van der Waals surface area contributed by atoms with E-state index in [0.29, 0.717) is 11.3 Å². The molecule has 0 spiro atoms. The molecule has 1 amide bonds. The lowest BCUT2D eigenvalue weighted by Gasteiger charge is -2.15. The summed E-state index contributed by atoms with van der Waals surface area (Å²) in [7, 11) is 0. The van der Waals surface area contributed by atoms with Crippen LogP contribution in [0.4, 0.5) is 5.69 Å². The molecule has 1 aliphatic heterocycles. The molecule has 3 rings (SSSR count). The fourth-order valence-corrected chi connectivity index (χ4v) is 4.65. The van der Waals surface area contributed by atoms with E-state index in [1.807, 2.05) is 63.2 Å². The van der Waals surface area contributed by atoms with Gasteiger partial charge in [0, 0.05) is 9.13 Å². The van der Waals surface area contributed by atoms with Crippen molar-refractivity contribution in [2.24, 2.45) is 5.10 Å². The monoisotopic (exact) mass is 572 g/mol. The van der Waals surface area contributed by atoms with Gasteiger partial charge in [-0.2, -0.15) is 10.1 Å². The molecule has 4 nitrogen and oxygen atoms in total. The molecule has 0 unspecified atom stereocenters. The number of hydrogen-bond acceptors (Lipinski definition) is 3. The Hall–Kier alpha value is -1.42. The van der Waals surface area contributed by atoms with Crippen LogP contribution in [-0.2, 0) is 4.79 Å². The number of amides is 1. The maximum atomic E-state index is 12.9. The highest BCUT2D eigenvalue weighted by Gasteiger charge is 2.29. The van der Waals surface area contributed by atoms with E-state index in [2.05, 4.69) is 56.3 Å². The quantitative estimate of drug-likeness (QED) is 0.360. The SMILES string of the molecule is CC1=NN(c2ccccc2)C(=O)/C1=C\c1cc(I)cc(I)c1OC(C)C. The van der Waals surface area contributed by atoms with Gasteiger partial charge in [-0.15, -0.1) is 0 Å². The van der Waals surface area contributed by atoms with Gasteiger partial charge in [-0.1, -0.05) is 18.2 Å². The van der Waals surface area contributed by atoms with Crippen molar-refractivity contribution in [3.63, 3.8) is 0 Å². The Bertz CT molecular complexity index is 906. The van der Waals surface area contributed by atoms with Crippen LogP contribution in [0.3, 0.4) is 0 Å². The van der Waals surface area contributed by atoms with Crippen molar-refractivity contribution in [2.75, 3.05) is 5.01 Å². The largest absolute Gasteiger partial charge is 0.489 e. The molecule has 0 bridgehead atoms. The van der Waals surface area contributed by atoms with Crippen molar-refractivity contribution >= 4 is 68.6 Å². The van der Waals surface area contributed by atoms with Crippen LogP contribution < -0.4 is 9.75 Å². The van der Waals surface area contributed by atoms with E-state index in [0.717, 1.165) is 24.1 Å². The maximum absolute atomic E-state index is 12.9. The number of ether oxygens (including phenoxy) is 1. The maximum Gasteiger partial charge on any atom is 0.280 e. The number of carbonyl (C=O) groups excluding carboxylic acids is 1. The summed E-state index contributed by atoms with van der Waals surface area (Å²) in [6.45, 7) is 5.85. The number of para-hydroxylation sites is 1. The first-order chi connectivity index (χ1) is 12.4. The Kier molecular flexibility index (Phi) is 6.01. The summed E-state index contributed by atoms with van der Waals surface area (Å²) in [5, 5.41) is 5.89. The highest BCUT2D eigenvalue weighted by molar-refractivity contribution is 14.1. The number of hydrazone groups is 1. The van der Waals surface area contributed by atoms with Gasteiger partial charge in [0.1, 0.15) is 5.75 Å². The first kappa shape index (κ1) is 19.3. The van der Waals surface area contributed by atoms with Gasteiger partial charge in [0.05, 0.1) is 26.6 Å². The van der Waals surface area contributed by atoms with E-state index in [4.69, 9.17) is 4.74 Å². The second kappa shape index (κ2) is 8.08. The number of rotatable bonds is 4. The van der Waals surface area contributed by atoms with Crippen molar-refractivity contribution in [1.29, 1.82) is 0 Å². The van der Waals surface area contributed by atoms with E-state index < -0.39 is 0 Å². The molecule has 0 aliphatic carbocycles. The van der Waals surface area contributed by atoms with Gasteiger partial charge in [0.15, 0.2) is 0 Å². The predicted molar refractivity (Wildman–Crippen MR) is 123 cm³/mol. The van der Waals surface area contributed by atoms with E-state index in [-0.39, 0.29) is 12.0 Å². The molecule has 6 heteroatoms. The molecule has 2 aromatic carbocycles. The normalized spacial score (nSPS) is 15.8. The van der Waals surface area contributed by atoms with Gasteiger partial charge in [0.2, 0.25) is 0 Å². The lowest BCUT2D eigenvalue weighted by atomic mass is 10.1. The fraction of sp³-hybridized carbons (Fsp3) is 0.200. The molecule has 0 radical (unpaired) electrons. The number of benzene rings is 2. The molecule has 0 fully saturated rings. The average molecular weight is 572 g/mol. The minimum Gasteiger partial charge on any atom is -0.489 e. The topological polar surface area (TPSA) is 41.9 Å². The standard InChI is InChI=1S/C20H18I2N2O2/c1-12(2)26-19-14(9-15(21)11-18(19)22)10-17-13(3)23-24(20(17)25)16-7-5-4-6-8-16/h4-12H,1-3H3/b17-10-. The molecule has 0 N–H and O–H groups in total. The third-order valence-corrected chi connectivity index (χ3v) is 5.18. The lowest BCUT2D eigenvalue weighted by Crippen LogP contribution is -2.21. The molecule has 26 heavy (non-hydrogen) atoms. The summed E-state index contributed by atoms with van der Waals surface area (Å²) in [6.07, 6.45) is 1.93. The Labute approximate surface area is 180 Å². The van der Waals surface area contributed by atoms with Crippen molar-refractivity contribution in [3.8, 4) is 5.75 Å². The molecule has 1 heterocycles. The van der Waals surface area contributed by atoms with Crippen LogP contribution in [0.5, 0.6) is 5.75 Å². The second-order valence-electron chi connectivity index (χ2n) is 6.17. The second-order valence-corrected chi connectivity index (χ2v) is 8.58. The van der Waals surface area contributed by atoms with E-state index in [1.54, 1.807) is 0 Å². The number of halogens is 2. The zero-order valence-corrected chi connectivity index (χ0v) is 19.0. The van der Waals surface area contributed by atoms with Crippen LogP contribution in [0.15, 0.2) is 53.1 Å². The minimum atomic E-state index is -0.127. The van der Waals surface area contributed by atoms with Gasteiger partial charge >= 0.3 is 0 Å². The summed E-state index contributed by atoms with van der Waals surface area (Å²) in [5.74, 6) is 0.672. The zero-order chi connectivity index (χ0) is 18.8. The Morgan fingerprint density at radius 2 is 1.85 bits per heavy atom. The molecule has 0 saturated heterocycles. The molecule has 0 aromatic heterocycles. The van der Waals surface area contributed by atoms with E-state index in [9.17, 15) is 4.79 Å². The molecular formula is C20H18I2N2O2. The minimum absolute atomic E-state index is 0.0515. The fourth-order valence-electron chi connectivity index (χ4n) is 2.63. The lowest BCUT2D eigenvalue weighted by molar-refractivity contribution is -0.114. The summed E-state index contributed by atoms with van der Waals surface area (Å²) in [5.41, 5.74) is 2.93. The molecule has 1 aliphatic rings. The highest BCUT2D eigenvalue weighted by atomic mass is 127. The van der Waals surface area contributed by atoms with Crippen LogP contribution in [0.1, 0.15) is 26.3 Å². The van der Waals surface area contributed by atoms with Crippen LogP contribution in [-0.4, -0.2) is 17.7 Å². The average Bonchev–Trinajstić information content (AvgIpc) is 2.86. The van der Waals surface area contributed by atoms with Gasteiger partial charge in [-0.05, 0) is 96.3 Å². The molecule has 2 aromatic rings. The van der Waals surface area contributed by atoms with Crippen molar-refractivity contribution < 1.29 is 9.53 Å². The summed E-state index contributed by atoms with van der Waals surface area (Å²) in [6, 6.07) is 13.5. The van der Waals surface area contributed by atoms with Crippen LogP contribution in [0.2, 0.25) is 0 Å². The van der Waals surface area contributed by atoms with Crippen molar-refractivity contribution in [2.45, 2.75) is 26.9 Å². The van der Waals surface area contributed by atoms with Gasteiger partial charge in [-0.3, -0.25) is 4.79 Å². The zero-order valence-electron chi connectivity index (χ0n) is 14.7. The first-order valence-corrected chi connectivity index (χ1v) is 10.3. The highest BCUT2D eigenvalue weighted by Crippen LogP contribution is 2.33. The molecule has 0 saturated carbocycles. The first-order valence-electron chi connectivity index (χ1n) is 8.19. The van der Waals surface area contributed by atoms with Gasteiger partial charge in [0.25, 0.3) is 5.91 Å². The third-order valence-electron chi connectivity index (χ3n) is 3.75. The van der Waals surface area contributed by atoms with Crippen molar-refractivity contribution in [3.05, 3.63) is 60.7 Å². The predicted octanol–water partition coefficient (Wildman–Crippen LogP) is 5.49. The van der Waals surface area contributed by atoms with Crippen molar-refractivity contribution in [1.82, 2.24) is 0 Å². The Morgan fingerprint density at radius 3 is 2.50 bits per heavy atom. The van der Waals surface area contributed by atoms with E-state index in [1.165, 1.54) is 5.01 Å². The number of carbonyl (C=O) groups is 1. The van der Waals surface area contributed by atoms with Gasteiger partial charge < -0.3 is 4.74 Å². The summed E-state index contributed by atoms with van der Waals surface area (Å²) < 4.78 is 8.12. The van der Waals surface area contributed by atoms with E-state index >= 15 is 0 Å². The molecule has 0 atom stereocenters. The Morgan fingerprint density at radius 1 is 1.15 bits per heavy atom. The van der Waals surface area contributed by atoms with Crippen LogP contribution in [0, 0.1) is 7.14 Å². The smallest absolute Gasteiger partial charge is 0.280 e. The third kappa shape index (κ3) is 4.11. The number of anilines is 1. The Balaban J connectivity index is 2.03. The van der Waals surface area contributed by atoms with Crippen LogP contribution >= 0.6 is 45.2 Å². The van der Waals surface area contributed by atoms with Crippen LogP contribution in [0.25, 0.3) is 6.08 Å². The van der Waals surface area contributed by atoms with Gasteiger partial charge in [-0.25, -0.2) is 0 Å². The summed E-state index contributed by atoms with van der Waals surface area (Å²) in [4.78, 5) is 12.9. The number of nitrogens with zero attached hydrogens (tertiary/aromatic N) is 2.